The molecule has 2 N–H and O–H groups in total. The monoisotopic (exact) mass is 136 g/mol. The Bertz CT molecular complexity index is 236. The van der Waals surface area contributed by atoms with Crippen LogP contribution in [0.4, 0.5) is 5.82 Å². The molecule has 51 valence electrons. The molecule has 0 saturated heterocycles. The van der Waals surface area contributed by atoms with Gasteiger partial charge >= 0.3 is 0 Å². The summed E-state index contributed by atoms with van der Waals surface area (Å²) in [5.74, 6) is 0.787. The maximum absolute atomic E-state index is 9.84. The van der Waals surface area contributed by atoms with Gasteiger partial charge in [-0.3, -0.25) is 4.79 Å². The van der Waals surface area contributed by atoms with E-state index in [2.05, 4.69) is 9.97 Å². The van der Waals surface area contributed by atoms with E-state index in [1.165, 1.54) is 6.20 Å². The summed E-state index contributed by atoms with van der Waals surface area (Å²) in [6.07, 6.45) is 3.29. The summed E-state index contributed by atoms with van der Waals surface area (Å²) in [6, 6.07) is 1.56. The zero-order valence-electron chi connectivity index (χ0n) is 5.24. The molecular formula is C6H6N3O. The fourth-order valence-corrected chi connectivity index (χ4v) is 0.565. The van der Waals surface area contributed by atoms with Crippen LogP contribution in [0.3, 0.4) is 0 Å². The summed E-state index contributed by atoms with van der Waals surface area (Å²) in [5.41, 5.74) is 5.31. The number of hydrogen-bond donors (Lipinski definition) is 1. The van der Waals surface area contributed by atoms with Crippen molar-refractivity contribution in [2.75, 3.05) is 5.73 Å². The summed E-state index contributed by atoms with van der Waals surface area (Å²) in [7, 11) is 0. The predicted molar refractivity (Wildman–Crippen MR) is 35.8 cm³/mol. The van der Waals surface area contributed by atoms with Crippen LogP contribution in [0.15, 0.2) is 12.3 Å². The Morgan fingerprint density at radius 3 is 3.10 bits per heavy atom. The summed E-state index contributed by atoms with van der Waals surface area (Å²) in [4.78, 5) is 17.4. The first-order chi connectivity index (χ1) is 4.83. The van der Waals surface area contributed by atoms with Crippen LogP contribution in [0, 0.1) is 0 Å². The number of hydrogen-bond acceptors (Lipinski definition) is 4. The Balaban J connectivity index is 2.84. The fourth-order valence-electron chi connectivity index (χ4n) is 0.565. The number of rotatable bonds is 2. The molecule has 1 aromatic rings. The van der Waals surface area contributed by atoms with Crippen molar-refractivity contribution in [1.82, 2.24) is 9.97 Å². The standard InChI is InChI=1S/C6H6N3O/c7-5-1-3-8-6(9-5)2-4-10/h1,3H,2H2,(H2,7,8,9). The van der Waals surface area contributed by atoms with Gasteiger partial charge in [0.05, 0.1) is 6.42 Å². The van der Waals surface area contributed by atoms with E-state index in [4.69, 9.17) is 5.73 Å². The Kier molecular flexibility index (Phi) is 1.94. The molecule has 1 aromatic heterocycles. The number of anilines is 1. The summed E-state index contributed by atoms with van der Waals surface area (Å²) < 4.78 is 0. The molecule has 1 radical (unpaired) electrons. The van der Waals surface area contributed by atoms with Gasteiger partial charge in [-0.15, -0.1) is 0 Å². The SMILES string of the molecule is Nc1ccnc(C[C]=O)n1. The number of carbonyl (C=O) groups excluding carboxylic acids is 1. The highest BCUT2D eigenvalue weighted by Gasteiger charge is 1.93. The zero-order valence-corrected chi connectivity index (χ0v) is 5.24. The van der Waals surface area contributed by atoms with Crippen LogP contribution in [0.2, 0.25) is 0 Å². The Morgan fingerprint density at radius 2 is 2.50 bits per heavy atom. The van der Waals surface area contributed by atoms with Gasteiger partial charge in [-0.05, 0) is 6.07 Å². The number of nitrogens with two attached hydrogens (primary N) is 1. The molecule has 1 heterocycles. The van der Waals surface area contributed by atoms with Gasteiger partial charge in [0, 0.05) is 6.20 Å². The number of nitrogen functional groups attached to an aromatic ring is 1. The second-order valence-corrected chi connectivity index (χ2v) is 1.72. The van der Waals surface area contributed by atoms with Crippen LogP contribution in [0.1, 0.15) is 5.82 Å². The van der Waals surface area contributed by atoms with Crippen molar-refractivity contribution in [2.45, 2.75) is 6.42 Å². The summed E-state index contributed by atoms with van der Waals surface area (Å²) >= 11 is 0. The van der Waals surface area contributed by atoms with Gasteiger partial charge in [-0.2, -0.15) is 0 Å². The molecule has 0 bridgehead atoms. The first-order valence-corrected chi connectivity index (χ1v) is 2.75. The highest BCUT2D eigenvalue weighted by Crippen LogP contribution is 1.94. The maximum atomic E-state index is 9.84. The molecule has 0 saturated carbocycles. The first kappa shape index (κ1) is 6.67. The Hall–Kier alpha value is -1.45. The van der Waals surface area contributed by atoms with Gasteiger partial charge in [0.1, 0.15) is 11.6 Å². The highest BCUT2D eigenvalue weighted by atomic mass is 16.1. The van der Waals surface area contributed by atoms with E-state index in [9.17, 15) is 4.79 Å². The van der Waals surface area contributed by atoms with Crippen molar-refractivity contribution in [2.24, 2.45) is 0 Å². The normalized spacial score (nSPS) is 9.20. The second kappa shape index (κ2) is 2.91. The minimum Gasteiger partial charge on any atom is -0.384 e. The van der Waals surface area contributed by atoms with Gasteiger partial charge in [0.25, 0.3) is 0 Å². The average Bonchev–Trinajstić information content (AvgIpc) is 1.88. The molecule has 0 amide bonds. The van der Waals surface area contributed by atoms with Crippen LogP contribution < -0.4 is 5.73 Å². The minimum absolute atomic E-state index is 0.102. The Morgan fingerprint density at radius 1 is 1.70 bits per heavy atom. The van der Waals surface area contributed by atoms with Gasteiger partial charge < -0.3 is 5.73 Å². The van der Waals surface area contributed by atoms with Crippen molar-refractivity contribution in [3.05, 3.63) is 18.1 Å². The Labute approximate surface area is 58.1 Å². The van der Waals surface area contributed by atoms with E-state index in [-0.39, 0.29) is 6.42 Å². The van der Waals surface area contributed by atoms with Crippen molar-refractivity contribution in [3.63, 3.8) is 0 Å². The van der Waals surface area contributed by atoms with Gasteiger partial charge in [-0.1, -0.05) is 0 Å². The van der Waals surface area contributed by atoms with Gasteiger partial charge in [0.15, 0.2) is 0 Å². The lowest BCUT2D eigenvalue weighted by Gasteiger charge is -1.92. The van der Waals surface area contributed by atoms with E-state index in [1.807, 2.05) is 0 Å². The molecule has 0 fully saturated rings. The molecule has 0 spiro atoms. The van der Waals surface area contributed by atoms with E-state index in [0.29, 0.717) is 11.6 Å². The molecule has 0 aliphatic heterocycles. The van der Waals surface area contributed by atoms with E-state index < -0.39 is 0 Å². The third kappa shape index (κ3) is 1.51. The summed E-state index contributed by atoms with van der Waals surface area (Å²) in [5, 5.41) is 0. The smallest absolute Gasteiger partial charge is 0.206 e. The lowest BCUT2D eigenvalue weighted by molar-refractivity contribution is 0.554. The molecule has 0 atom stereocenters. The molecule has 0 unspecified atom stereocenters. The molecule has 10 heavy (non-hydrogen) atoms. The largest absolute Gasteiger partial charge is 0.384 e. The van der Waals surface area contributed by atoms with Crippen molar-refractivity contribution < 1.29 is 4.79 Å². The van der Waals surface area contributed by atoms with Gasteiger partial charge in [0.2, 0.25) is 6.29 Å². The minimum atomic E-state index is 0.102. The second-order valence-electron chi connectivity index (χ2n) is 1.72. The molecule has 4 nitrogen and oxygen atoms in total. The van der Waals surface area contributed by atoms with Crippen LogP contribution in [-0.2, 0) is 11.2 Å². The van der Waals surface area contributed by atoms with E-state index in [1.54, 1.807) is 12.4 Å². The number of nitrogens with zero attached hydrogens (tertiary/aromatic N) is 2. The van der Waals surface area contributed by atoms with Crippen LogP contribution in [-0.4, -0.2) is 16.3 Å². The summed E-state index contributed by atoms with van der Waals surface area (Å²) in [6.45, 7) is 0. The average molecular weight is 136 g/mol. The van der Waals surface area contributed by atoms with Crippen molar-refractivity contribution in [1.29, 1.82) is 0 Å². The van der Waals surface area contributed by atoms with Crippen molar-refractivity contribution >= 4 is 12.1 Å². The third-order valence-electron chi connectivity index (χ3n) is 0.957. The van der Waals surface area contributed by atoms with E-state index in [0.717, 1.165) is 0 Å². The molecule has 1 rings (SSSR count). The molecule has 0 aliphatic carbocycles. The zero-order chi connectivity index (χ0) is 7.40. The van der Waals surface area contributed by atoms with Gasteiger partial charge in [-0.25, -0.2) is 9.97 Å². The quantitative estimate of drug-likeness (QED) is 0.606. The van der Waals surface area contributed by atoms with Crippen LogP contribution in [0.5, 0.6) is 0 Å². The van der Waals surface area contributed by atoms with E-state index >= 15 is 0 Å². The maximum Gasteiger partial charge on any atom is 0.206 e. The molecule has 0 aromatic carbocycles. The van der Waals surface area contributed by atoms with Crippen molar-refractivity contribution in [3.8, 4) is 0 Å². The fraction of sp³-hybridized carbons (Fsp3) is 0.167. The molecular weight excluding hydrogens is 130 g/mol. The van der Waals surface area contributed by atoms with Crippen LogP contribution in [0.25, 0.3) is 0 Å². The molecule has 0 aliphatic rings. The topological polar surface area (TPSA) is 68.9 Å². The third-order valence-corrected chi connectivity index (χ3v) is 0.957. The molecule has 4 heteroatoms. The first-order valence-electron chi connectivity index (χ1n) is 2.75. The number of aromatic nitrogens is 2. The predicted octanol–water partition coefficient (Wildman–Crippen LogP) is -0.289. The highest BCUT2D eigenvalue weighted by molar-refractivity contribution is 5.53. The lowest BCUT2D eigenvalue weighted by Crippen LogP contribution is -1.98. The lowest BCUT2D eigenvalue weighted by atomic mass is 10.4. The van der Waals surface area contributed by atoms with Crippen LogP contribution >= 0.6 is 0 Å².